The fraction of sp³-hybridized carbons (Fsp3) is 0.0909. The number of aromatic nitrogens is 2. The standard InChI is InChI=1S/C11H8BF4N2O.K/c13-8-2-3-10(9(6-8)12(14,15)16)19-7-11-17-4-1-5-18-11;/h1-6H,7H2;/q-1;+1. The van der Waals surface area contributed by atoms with E-state index in [-0.39, 0.29) is 63.8 Å². The van der Waals surface area contributed by atoms with Crippen LogP contribution in [0.2, 0.25) is 0 Å². The van der Waals surface area contributed by atoms with Crippen LogP contribution in [-0.2, 0) is 6.61 Å². The third-order valence-electron chi connectivity index (χ3n) is 2.30. The van der Waals surface area contributed by atoms with Gasteiger partial charge in [0.05, 0.1) is 5.75 Å². The van der Waals surface area contributed by atoms with Crippen LogP contribution < -0.4 is 61.6 Å². The molecule has 2 rings (SSSR count). The van der Waals surface area contributed by atoms with Gasteiger partial charge in [-0.2, -0.15) is 0 Å². The van der Waals surface area contributed by atoms with E-state index >= 15 is 0 Å². The van der Waals surface area contributed by atoms with E-state index in [1.165, 1.54) is 12.4 Å². The summed E-state index contributed by atoms with van der Waals surface area (Å²) >= 11 is 0. The number of benzene rings is 1. The average Bonchev–Trinajstić information content (AvgIpc) is 2.37. The quantitative estimate of drug-likeness (QED) is 0.551. The number of hydrogen-bond acceptors (Lipinski definition) is 3. The van der Waals surface area contributed by atoms with Gasteiger partial charge in [0, 0.05) is 12.4 Å². The Balaban J connectivity index is 0.00000200. The maximum atomic E-state index is 12.9. The predicted octanol–water partition coefficient (Wildman–Crippen LogP) is -0.747. The van der Waals surface area contributed by atoms with Crippen LogP contribution in [0.25, 0.3) is 0 Å². The second-order valence-electron chi connectivity index (χ2n) is 3.71. The SMILES string of the molecule is Fc1ccc(OCc2ncccn2)c([B-](F)(F)F)c1.[K+]. The Morgan fingerprint density at radius 1 is 1.10 bits per heavy atom. The first-order valence-corrected chi connectivity index (χ1v) is 5.35. The summed E-state index contributed by atoms with van der Waals surface area (Å²) in [5, 5.41) is 0. The van der Waals surface area contributed by atoms with Gasteiger partial charge in [0.15, 0.2) is 5.82 Å². The van der Waals surface area contributed by atoms with Gasteiger partial charge in [0.1, 0.15) is 12.4 Å². The zero-order chi connectivity index (χ0) is 13.9. The van der Waals surface area contributed by atoms with Crippen molar-refractivity contribution in [2.45, 2.75) is 6.61 Å². The minimum absolute atomic E-state index is 0. The van der Waals surface area contributed by atoms with Gasteiger partial charge in [-0.3, -0.25) is 0 Å². The molecule has 1 aromatic heterocycles. The molecule has 100 valence electrons. The maximum absolute atomic E-state index is 12.9. The molecule has 0 spiro atoms. The summed E-state index contributed by atoms with van der Waals surface area (Å²) in [4.78, 5) is 7.63. The monoisotopic (exact) mass is 310 g/mol. The molecule has 0 amide bonds. The van der Waals surface area contributed by atoms with Crippen molar-refractivity contribution in [3.63, 3.8) is 0 Å². The van der Waals surface area contributed by atoms with Crippen molar-refractivity contribution >= 4 is 12.4 Å². The number of rotatable bonds is 4. The fourth-order valence-corrected chi connectivity index (χ4v) is 1.45. The summed E-state index contributed by atoms with van der Waals surface area (Å²) in [5.74, 6) is -1.15. The van der Waals surface area contributed by atoms with Gasteiger partial charge in [-0.05, 0) is 24.3 Å². The van der Waals surface area contributed by atoms with Gasteiger partial charge in [-0.25, -0.2) is 14.4 Å². The molecule has 1 heterocycles. The van der Waals surface area contributed by atoms with Crippen molar-refractivity contribution in [3.8, 4) is 5.75 Å². The second-order valence-corrected chi connectivity index (χ2v) is 3.71. The van der Waals surface area contributed by atoms with Gasteiger partial charge < -0.3 is 17.7 Å². The van der Waals surface area contributed by atoms with Crippen molar-refractivity contribution in [2.24, 2.45) is 0 Å². The van der Waals surface area contributed by atoms with Crippen molar-refractivity contribution in [1.29, 1.82) is 0 Å². The van der Waals surface area contributed by atoms with E-state index in [2.05, 4.69) is 9.97 Å². The number of nitrogens with zero attached hydrogens (tertiary/aromatic N) is 2. The molecule has 0 aliphatic carbocycles. The van der Waals surface area contributed by atoms with Crippen LogP contribution in [-0.4, -0.2) is 16.9 Å². The fourth-order valence-electron chi connectivity index (χ4n) is 1.45. The molecule has 0 unspecified atom stereocenters. The van der Waals surface area contributed by atoms with E-state index in [1.54, 1.807) is 6.07 Å². The van der Waals surface area contributed by atoms with E-state index in [0.717, 1.165) is 12.1 Å². The molecular formula is C11H8BF4KN2O. The second kappa shape index (κ2) is 7.51. The molecule has 0 aliphatic rings. The third-order valence-corrected chi connectivity index (χ3v) is 2.30. The van der Waals surface area contributed by atoms with Crippen LogP contribution in [0.1, 0.15) is 5.82 Å². The Morgan fingerprint density at radius 3 is 2.35 bits per heavy atom. The summed E-state index contributed by atoms with van der Waals surface area (Å²) in [6.07, 6.45) is 2.90. The van der Waals surface area contributed by atoms with Gasteiger partial charge in [-0.15, -0.1) is 0 Å². The maximum Gasteiger partial charge on any atom is 1.00 e. The summed E-state index contributed by atoms with van der Waals surface area (Å²) in [6, 6.07) is 3.85. The van der Waals surface area contributed by atoms with Crippen molar-refractivity contribution < 1.29 is 73.5 Å². The normalized spacial score (nSPS) is 10.8. The van der Waals surface area contributed by atoms with E-state index < -0.39 is 24.0 Å². The Labute approximate surface area is 155 Å². The van der Waals surface area contributed by atoms with Crippen LogP contribution in [0.4, 0.5) is 17.3 Å². The molecule has 0 aliphatic heterocycles. The molecular weight excluding hydrogens is 302 g/mol. The van der Waals surface area contributed by atoms with Crippen LogP contribution in [0.5, 0.6) is 5.75 Å². The summed E-state index contributed by atoms with van der Waals surface area (Å²) in [5.41, 5.74) is -1.10. The molecule has 9 heteroatoms. The minimum Gasteiger partial charge on any atom is -0.489 e. The van der Waals surface area contributed by atoms with Crippen LogP contribution in [0.15, 0.2) is 36.7 Å². The first kappa shape index (κ1) is 17.6. The molecule has 0 N–H and O–H groups in total. The van der Waals surface area contributed by atoms with Gasteiger partial charge in [0.2, 0.25) is 0 Å². The summed E-state index contributed by atoms with van der Waals surface area (Å²) < 4.78 is 56.1. The van der Waals surface area contributed by atoms with E-state index in [0.29, 0.717) is 6.07 Å². The molecule has 0 bridgehead atoms. The Bertz CT molecular complexity index is 568. The van der Waals surface area contributed by atoms with E-state index in [4.69, 9.17) is 4.74 Å². The Morgan fingerprint density at radius 2 is 1.75 bits per heavy atom. The van der Waals surface area contributed by atoms with Gasteiger partial charge in [-0.1, -0.05) is 5.46 Å². The molecule has 0 atom stereocenters. The van der Waals surface area contributed by atoms with Crippen LogP contribution in [0.3, 0.4) is 0 Å². The zero-order valence-electron chi connectivity index (χ0n) is 10.6. The van der Waals surface area contributed by atoms with E-state index in [1.807, 2.05) is 0 Å². The number of ether oxygens (including phenoxy) is 1. The van der Waals surface area contributed by atoms with Gasteiger partial charge in [0.25, 0.3) is 0 Å². The molecule has 2 aromatic rings. The zero-order valence-corrected chi connectivity index (χ0v) is 13.7. The van der Waals surface area contributed by atoms with Crippen molar-refractivity contribution in [2.75, 3.05) is 0 Å². The van der Waals surface area contributed by atoms with Crippen molar-refractivity contribution in [3.05, 3.63) is 48.3 Å². The largest absolute Gasteiger partial charge is 1.00 e. The van der Waals surface area contributed by atoms with Crippen LogP contribution >= 0.6 is 0 Å². The number of halogens is 4. The Hall–Kier alpha value is -0.479. The smallest absolute Gasteiger partial charge is 0.489 e. The minimum atomic E-state index is -5.35. The molecule has 0 saturated carbocycles. The average molecular weight is 310 g/mol. The number of hydrogen-bond donors (Lipinski definition) is 0. The Kier molecular flexibility index (Phi) is 6.60. The molecule has 0 radical (unpaired) electrons. The summed E-state index contributed by atoms with van der Waals surface area (Å²) in [6.45, 7) is -5.56. The van der Waals surface area contributed by atoms with Gasteiger partial charge >= 0.3 is 58.4 Å². The molecule has 0 fully saturated rings. The molecule has 0 saturated heterocycles. The van der Waals surface area contributed by atoms with E-state index in [9.17, 15) is 17.3 Å². The first-order valence-electron chi connectivity index (χ1n) is 5.35. The van der Waals surface area contributed by atoms with Crippen LogP contribution in [0, 0.1) is 5.82 Å². The predicted molar refractivity (Wildman–Crippen MR) is 61.5 cm³/mol. The molecule has 1 aromatic carbocycles. The molecule has 3 nitrogen and oxygen atoms in total. The van der Waals surface area contributed by atoms with Crippen molar-refractivity contribution in [1.82, 2.24) is 9.97 Å². The summed E-state index contributed by atoms with van der Waals surface area (Å²) in [7, 11) is 0. The third kappa shape index (κ3) is 4.81. The molecule has 20 heavy (non-hydrogen) atoms. The first-order chi connectivity index (χ1) is 8.97. The topological polar surface area (TPSA) is 35.0 Å².